The Morgan fingerprint density at radius 1 is 1.53 bits per heavy atom. The molecule has 0 bridgehead atoms. The lowest BCUT2D eigenvalue weighted by Gasteiger charge is -2.17. The van der Waals surface area contributed by atoms with Crippen LogP contribution in [-0.2, 0) is 17.6 Å². The first-order valence-corrected chi connectivity index (χ1v) is 6.29. The molecular formula is C13H16N4O2. The zero-order chi connectivity index (χ0) is 13.7. The zero-order valence-electron chi connectivity index (χ0n) is 10.6. The number of nitrogens with zero attached hydrogens (tertiary/aromatic N) is 2. The lowest BCUT2D eigenvalue weighted by molar-refractivity contribution is 0.161. The van der Waals surface area contributed by atoms with Crippen LogP contribution in [0.4, 0.5) is 10.6 Å². The molecule has 6 heteroatoms. The molecule has 3 N–H and O–H groups in total. The number of amides is 1. The second kappa shape index (κ2) is 6.05. The molecule has 1 aliphatic carbocycles. The third-order valence-corrected chi connectivity index (χ3v) is 3.06. The first-order valence-electron chi connectivity index (χ1n) is 6.29. The van der Waals surface area contributed by atoms with Crippen LogP contribution in [0.25, 0.3) is 0 Å². The number of aryl methyl sites for hydroxylation is 2. The van der Waals surface area contributed by atoms with Gasteiger partial charge in [-0.2, -0.15) is 5.26 Å². The lowest BCUT2D eigenvalue weighted by Crippen LogP contribution is -2.19. The number of pyridine rings is 1. The first kappa shape index (κ1) is 13.1. The van der Waals surface area contributed by atoms with Crippen LogP contribution in [0.15, 0.2) is 6.07 Å². The summed E-state index contributed by atoms with van der Waals surface area (Å²) in [6, 6.07) is 4.04. The Balaban J connectivity index is 2.06. The van der Waals surface area contributed by atoms with Crippen molar-refractivity contribution >= 4 is 11.9 Å². The maximum Gasteiger partial charge on any atom is 0.404 e. The number of primary amides is 1. The number of aromatic nitrogens is 1. The fourth-order valence-electron chi connectivity index (χ4n) is 2.17. The van der Waals surface area contributed by atoms with Crippen LogP contribution in [-0.4, -0.2) is 24.2 Å². The molecular weight excluding hydrogens is 244 g/mol. The van der Waals surface area contributed by atoms with Gasteiger partial charge in [-0.1, -0.05) is 0 Å². The summed E-state index contributed by atoms with van der Waals surface area (Å²) in [6.07, 6.45) is 3.42. The van der Waals surface area contributed by atoms with Gasteiger partial charge >= 0.3 is 6.09 Å². The van der Waals surface area contributed by atoms with Crippen LogP contribution in [0.5, 0.6) is 0 Å². The molecule has 0 saturated heterocycles. The average molecular weight is 260 g/mol. The molecule has 0 aromatic carbocycles. The van der Waals surface area contributed by atoms with Crippen molar-refractivity contribution in [2.24, 2.45) is 5.73 Å². The van der Waals surface area contributed by atoms with E-state index < -0.39 is 6.09 Å². The second-order valence-electron chi connectivity index (χ2n) is 4.40. The molecule has 0 unspecified atom stereocenters. The van der Waals surface area contributed by atoms with Gasteiger partial charge in [0.1, 0.15) is 18.5 Å². The van der Waals surface area contributed by atoms with E-state index in [1.807, 2.05) is 6.07 Å². The van der Waals surface area contributed by atoms with E-state index in [0.29, 0.717) is 17.9 Å². The average Bonchev–Trinajstić information content (AvgIpc) is 2.42. The molecule has 19 heavy (non-hydrogen) atoms. The van der Waals surface area contributed by atoms with Crippen LogP contribution in [0, 0.1) is 11.3 Å². The van der Waals surface area contributed by atoms with Gasteiger partial charge in [-0.3, -0.25) is 0 Å². The van der Waals surface area contributed by atoms with Crippen molar-refractivity contribution in [2.45, 2.75) is 25.7 Å². The van der Waals surface area contributed by atoms with Crippen molar-refractivity contribution in [2.75, 3.05) is 18.5 Å². The van der Waals surface area contributed by atoms with Gasteiger partial charge in [-0.25, -0.2) is 9.78 Å². The molecule has 100 valence electrons. The van der Waals surface area contributed by atoms with E-state index in [1.54, 1.807) is 0 Å². The quantitative estimate of drug-likeness (QED) is 0.795. The van der Waals surface area contributed by atoms with Crippen molar-refractivity contribution in [1.82, 2.24) is 4.98 Å². The van der Waals surface area contributed by atoms with Crippen LogP contribution in [0.3, 0.4) is 0 Å². The summed E-state index contributed by atoms with van der Waals surface area (Å²) in [6.45, 7) is 0.530. The number of hydrogen-bond donors (Lipinski definition) is 2. The van der Waals surface area contributed by atoms with Crippen molar-refractivity contribution < 1.29 is 9.53 Å². The van der Waals surface area contributed by atoms with E-state index in [0.717, 1.165) is 31.4 Å². The van der Waals surface area contributed by atoms with Crippen molar-refractivity contribution in [3.05, 3.63) is 22.9 Å². The highest BCUT2D eigenvalue weighted by molar-refractivity contribution is 5.64. The van der Waals surface area contributed by atoms with E-state index in [9.17, 15) is 4.79 Å². The van der Waals surface area contributed by atoms with E-state index in [1.165, 1.54) is 5.56 Å². The molecule has 1 aromatic rings. The fourth-order valence-corrected chi connectivity index (χ4v) is 2.17. The van der Waals surface area contributed by atoms with Crippen LogP contribution in [0.2, 0.25) is 0 Å². The molecule has 2 rings (SSSR count). The number of nitrogens with one attached hydrogen (secondary N) is 1. The van der Waals surface area contributed by atoms with Crippen molar-refractivity contribution in [3.63, 3.8) is 0 Å². The number of fused-ring (bicyclic) bond motifs is 1. The molecule has 1 amide bonds. The molecule has 1 aliphatic rings. The molecule has 0 radical (unpaired) electrons. The van der Waals surface area contributed by atoms with Gasteiger partial charge in [0, 0.05) is 5.69 Å². The molecule has 1 aromatic heterocycles. The summed E-state index contributed by atoms with van der Waals surface area (Å²) in [7, 11) is 0. The van der Waals surface area contributed by atoms with E-state index in [-0.39, 0.29) is 6.61 Å². The number of rotatable bonds is 4. The summed E-state index contributed by atoms with van der Waals surface area (Å²) in [4.78, 5) is 14.9. The molecule has 0 fully saturated rings. The topological polar surface area (TPSA) is 101 Å². The Morgan fingerprint density at radius 2 is 2.32 bits per heavy atom. The Labute approximate surface area is 111 Å². The van der Waals surface area contributed by atoms with E-state index in [2.05, 4.69) is 21.1 Å². The molecule has 6 nitrogen and oxygen atoms in total. The van der Waals surface area contributed by atoms with Gasteiger partial charge in [0.05, 0.1) is 12.1 Å². The van der Waals surface area contributed by atoms with Crippen molar-refractivity contribution in [1.29, 1.82) is 5.26 Å². The Hall–Kier alpha value is -2.29. The van der Waals surface area contributed by atoms with Crippen LogP contribution in [0.1, 0.15) is 29.7 Å². The largest absolute Gasteiger partial charge is 0.448 e. The van der Waals surface area contributed by atoms with Gasteiger partial charge in [0.25, 0.3) is 0 Å². The van der Waals surface area contributed by atoms with Crippen LogP contribution < -0.4 is 11.1 Å². The standard InChI is InChI=1S/C13H16N4O2/c14-8-10-7-9-3-1-2-4-11(9)17-12(10)16-5-6-19-13(15)18/h7H,1-6H2,(H2,15,18)(H,16,17). The van der Waals surface area contributed by atoms with Gasteiger partial charge in [-0.15, -0.1) is 0 Å². The van der Waals surface area contributed by atoms with E-state index >= 15 is 0 Å². The third kappa shape index (κ3) is 3.35. The monoisotopic (exact) mass is 260 g/mol. The van der Waals surface area contributed by atoms with Crippen LogP contribution >= 0.6 is 0 Å². The highest BCUT2D eigenvalue weighted by Crippen LogP contribution is 2.24. The van der Waals surface area contributed by atoms with Crippen molar-refractivity contribution in [3.8, 4) is 6.07 Å². The third-order valence-electron chi connectivity index (χ3n) is 3.06. The normalized spacial score (nSPS) is 13.2. The van der Waals surface area contributed by atoms with Gasteiger partial charge in [0.15, 0.2) is 0 Å². The summed E-state index contributed by atoms with van der Waals surface area (Å²) < 4.78 is 4.62. The fraction of sp³-hybridized carbons (Fsp3) is 0.462. The number of nitrogens with two attached hydrogens (primary N) is 1. The van der Waals surface area contributed by atoms with E-state index in [4.69, 9.17) is 11.0 Å². The maximum absolute atomic E-state index is 10.4. The Morgan fingerprint density at radius 3 is 3.05 bits per heavy atom. The van der Waals surface area contributed by atoms with Gasteiger partial charge in [-0.05, 0) is 37.3 Å². The molecule has 0 atom stereocenters. The summed E-state index contributed by atoms with van der Waals surface area (Å²) >= 11 is 0. The molecule has 0 spiro atoms. The number of carbonyl (C=O) groups is 1. The number of ether oxygens (including phenoxy) is 1. The Kier molecular flexibility index (Phi) is 4.18. The zero-order valence-corrected chi connectivity index (χ0v) is 10.6. The summed E-state index contributed by atoms with van der Waals surface area (Å²) in [5, 5.41) is 12.1. The number of carbonyl (C=O) groups excluding carboxylic acids is 1. The first-order chi connectivity index (χ1) is 9.20. The predicted molar refractivity (Wildman–Crippen MR) is 69.6 cm³/mol. The second-order valence-corrected chi connectivity index (χ2v) is 4.40. The summed E-state index contributed by atoms with van der Waals surface area (Å²) in [5.41, 5.74) is 7.62. The Bertz CT molecular complexity index is 522. The lowest BCUT2D eigenvalue weighted by atomic mass is 9.95. The highest BCUT2D eigenvalue weighted by Gasteiger charge is 2.14. The minimum absolute atomic E-state index is 0.152. The SMILES string of the molecule is N#Cc1cc2c(nc1NCCOC(N)=O)CCCC2. The minimum Gasteiger partial charge on any atom is -0.448 e. The molecule has 0 aliphatic heterocycles. The minimum atomic E-state index is -0.805. The van der Waals surface area contributed by atoms with Gasteiger partial charge in [0.2, 0.25) is 0 Å². The molecule has 1 heterocycles. The highest BCUT2D eigenvalue weighted by atomic mass is 16.5. The smallest absolute Gasteiger partial charge is 0.404 e. The predicted octanol–water partition coefficient (Wildman–Crippen LogP) is 1.34. The number of hydrogen-bond acceptors (Lipinski definition) is 5. The number of nitriles is 1. The van der Waals surface area contributed by atoms with Gasteiger partial charge < -0.3 is 15.8 Å². The molecule has 0 saturated carbocycles. The maximum atomic E-state index is 10.4. The summed E-state index contributed by atoms with van der Waals surface area (Å²) in [5.74, 6) is 0.552. The number of anilines is 1.